The van der Waals surface area contributed by atoms with Gasteiger partial charge in [-0.1, -0.05) is 24.3 Å². The van der Waals surface area contributed by atoms with Gasteiger partial charge in [-0.2, -0.15) is 0 Å². The zero-order valence-corrected chi connectivity index (χ0v) is 9.94. The third-order valence-corrected chi connectivity index (χ3v) is 3.47. The van der Waals surface area contributed by atoms with Gasteiger partial charge in [0.05, 0.1) is 32.3 Å². The quantitative estimate of drug-likeness (QED) is 0.462. The second-order valence-corrected chi connectivity index (χ2v) is 4.62. The SMILES string of the molecule is [Si]c1cccc2[nH]c3nc4ccccc4n3c12. The lowest BCUT2D eigenvalue weighted by atomic mass is 10.3. The van der Waals surface area contributed by atoms with Gasteiger partial charge in [-0.25, -0.2) is 4.98 Å². The molecule has 4 heteroatoms. The van der Waals surface area contributed by atoms with Gasteiger partial charge in [-0.15, -0.1) is 0 Å². The molecule has 0 aliphatic heterocycles. The van der Waals surface area contributed by atoms with Gasteiger partial charge in [0, 0.05) is 0 Å². The van der Waals surface area contributed by atoms with E-state index in [2.05, 4.69) is 36.7 Å². The van der Waals surface area contributed by atoms with Gasteiger partial charge >= 0.3 is 0 Å². The predicted octanol–water partition coefficient (Wildman–Crippen LogP) is 1.76. The first-order valence-electron chi connectivity index (χ1n) is 5.44. The maximum Gasteiger partial charge on any atom is 0.213 e. The van der Waals surface area contributed by atoms with Crippen LogP contribution in [0.3, 0.4) is 0 Å². The van der Waals surface area contributed by atoms with E-state index in [9.17, 15) is 0 Å². The number of benzene rings is 2. The summed E-state index contributed by atoms with van der Waals surface area (Å²) >= 11 is 0. The van der Waals surface area contributed by atoms with E-state index < -0.39 is 0 Å². The first-order chi connectivity index (χ1) is 8.34. The maximum atomic E-state index is 4.58. The van der Waals surface area contributed by atoms with Crippen LogP contribution in [-0.2, 0) is 0 Å². The van der Waals surface area contributed by atoms with Crippen LogP contribution >= 0.6 is 0 Å². The number of H-pyrrole nitrogens is 1. The molecule has 3 radical (unpaired) electrons. The summed E-state index contributed by atoms with van der Waals surface area (Å²) in [6.45, 7) is 0. The number of nitrogens with zero attached hydrogens (tertiary/aromatic N) is 2. The van der Waals surface area contributed by atoms with Gasteiger partial charge in [-0.3, -0.25) is 4.40 Å². The molecule has 0 spiro atoms. The average molecular weight is 234 g/mol. The molecule has 2 aromatic heterocycles. The van der Waals surface area contributed by atoms with Crippen LogP contribution < -0.4 is 5.19 Å². The van der Waals surface area contributed by atoms with Crippen LogP contribution in [0.5, 0.6) is 0 Å². The van der Waals surface area contributed by atoms with Crippen LogP contribution in [0.25, 0.3) is 27.8 Å². The lowest BCUT2D eigenvalue weighted by Crippen LogP contribution is -2.04. The highest BCUT2D eigenvalue weighted by molar-refractivity contribution is 6.38. The molecule has 0 saturated carbocycles. The molecule has 0 unspecified atom stereocenters. The van der Waals surface area contributed by atoms with Gasteiger partial charge in [0.2, 0.25) is 5.78 Å². The van der Waals surface area contributed by atoms with Crippen LogP contribution in [0.4, 0.5) is 0 Å². The van der Waals surface area contributed by atoms with E-state index in [0.29, 0.717) is 0 Å². The molecule has 1 N–H and O–H groups in total. The van der Waals surface area contributed by atoms with E-state index in [0.717, 1.165) is 33.0 Å². The number of hydrogen-bond acceptors (Lipinski definition) is 1. The van der Waals surface area contributed by atoms with Gasteiger partial charge < -0.3 is 4.98 Å². The number of hydrogen-bond donors (Lipinski definition) is 1. The number of para-hydroxylation sites is 3. The lowest BCUT2D eigenvalue weighted by Gasteiger charge is -1.97. The van der Waals surface area contributed by atoms with Gasteiger partial charge in [0.15, 0.2) is 0 Å². The van der Waals surface area contributed by atoms with Crippen molar-refractivity contribution < 1.29 is 0 Å². The second kappa shape index (κ2) is 2.98. The van der Waals surface area contributed by atoms with Crippen LogP contribution in [-0.4, -0.2) is 24.6 Å². The highest BCUT2D eigenvalue weighted by atomic mass is 28.1. The largest absolute Gasteiger partial charge is 0.323 e. The fourth-order valence-corrected chi connectivity index (χ4v) is 2.68. The Morgan fingerprint density at radius 2 is 1.94 bits per heavy atom. The zero-order chi connectivity index (χ0) is 11.4. The van der Waals surface area contributed by atoms with Crippen molar-refractivity contribution in [1.82, 2.24) is 14.4 Å². The van der Waals surface area contributed by atoms with Crippen molar-refractivity contribution in [3.05, 3.63) is 42.5 Å². The first-order valence-corrected chi connectivity index (χ1v) is 5.94. The van der Waals surface area contributed by atoms with Crippen LogP contribution in [0.1, 0.15) is 0 Å². The van der Waals surface area contributed by atoms with Crippen LogP contribution in [0, 0.1) is 0 Å². The normalized spacial score (nSPS) is 11.8. The Bertz CT molecular complexity index is 857. The minimum Gasteiger partial charge on any atom is -0.323 e. The third kappa shape index (κ3) is 1.08. The molecule has 0 aliphatic rings. The number of rotatable bonds is 0. The van der Waals surface area contributed by atoms with Crippen molar-refractivity contribution in [2.45, 2.75) is 0 Å². The number of nitrogens with one attached hydrogen (secondary N) is 1. The summed E-state index contributed by atoms with van der Waals surface area (Å²) in [7, 11) is 3.65. The Hall–Kier alpha value is -2.07. The van der Waals surface area contributed by atoms with E-state index >= 15 is 0 Å². The maximum absolute atomic E-state index is 4.58. The van der Waals surface area contributed by atoms with E-state index in [-0.39, 0.29) is 0 Å². The molecule has 17 heavy (non-hydrogen) atoms. The molecule has 79 valence electrons. The fourth-order valence-electron chi connectivity index (χ4n) is 2.34. The summed E-state index contributed by atoms with van der Waals surface area (Å²) in [5.74, 6) is 0.881. The van der Waals surface area contributed by atoms with Gasteiger partial charge in [0.1, 0.15) is 0 Å². The molecule has 4 rings (SSSR count). The Kier molecular flexibility index (Phi) is 1.58. The van der Waals surface area contributed by atoms with Crippen molar-refractivity contribution >= 4 is 43.3 Å². The molecule has 0 fully saturated rings. The van der Waals surface area contributed by atoms with Gasteiger partial charge in [0.25, 0.3) is 0 Å². The fraction of sp³-hybridized carbons (Fsp3) is 0. The van der Waals surface area contributed by atoms with E-state index in [1.807, 2.05) is 30.3 Å². The molecule has 0 saturated heterocycles. The highest BCUT2D eigenvalue weighted by Gasteiger charge is 2.10. The number of imidazole rings is 2. The third-order valence-electron chi connectivity index (χ3n) is 3.07. The highest BCUT2D eigenvalue weighted by Crippen LogP contribution is 2.21. The topological polar surface area (TPSA) is 33.1 Å². The molecule has 3 nitrogen and oxygen atoms in total. The lowest BCUT2D eigenvalue weighted by molar-refractivity contribution is 1.28. The van der Waals surface area contributed by atoms with E-state index in [1.54, 1.807) is 0 Å². The zero-order valence-electron chi connectivity index (χ0n) is 8.94. The molecule has 0 bridgehead atoms. The number of fused-ring (bicyclic) bond motifs is 5. The predicted molar refractivity (Wildman–Crippen MR) is 69.9 cm³/mol. The molecule has 2 aromatic carbocycles. The molecular formula is C13H8N3Si. The van der Waals surface area contributed by atoms with Crippen molar-refractivity contribution in [2.24, 2.45) is 0 Å². The molecule has 2 heterocycles. The van der Waals surface area contributed by atoms with Crippen molar-refractivity contribution in [2.75, 3.05) is 0 Å². The Balaban J connectivity index is 2.39. The minimum absolute atomic E-state index is 0.881. The number of aromatic amines is 1. The minimum atomic E-state index is 0.881. The summed E-state index contributed by atoms with van der Waals surface area (Å²) < 4.78 is 2.15. The van der Waals surface area contributed by atoms with Gasteiger partial charge in [-0.05, 0) is 23.4 Å². The average Bonchev–Trinajstić information content (AvgIpc) is 2.84. The summed E-state index contributed by atoms with van der Waals surface area (Å²) in [6, 6.07) is 14.3. The summed E-state index contributed by atoms with van der Waals surface area (Å²) in [6.07, 6.45) is 0. The van der Waals surface area contributed by atoms with E-state index in [4.69, 9.17) is 0 Å². The Morgan fingerprint density at radius 1 is 1.06 bits per heavy atom. The van der Waals surface area contributed by atoms with Crippen LogP contribution in [0.2, 0.25) is 0 Å². The summed E-state index contributed by atoms with van der Waals surface area (Å²) in [5, 5.41) is 1.07. The number of aromatic nitrogens is 3. The first kappa shape index (κ1) is 9.01. The standard InChI is InChI=1S/C13H8N3Si/c17-11-7-3-5-9-12(11)16-10-6-2-1-4-8(10)14-13(16)15-9/h1-7H,(H,14,15). The molecule has 4 aromatic rings. The monoisotopic (exact) mass is 234 g/mol. The van der Waals surface area contributed by atoms with Crippen molar-refractivity contribution in [3.8, 4) is 0 Å². The summed E-state index contributed by atoms with van der Waals surface area (Å²) in [5.41, 5.74) is 4.36. The van der Waals surface area contributed by atoms with Crippen molar-refractivity contribution in [1.29, 1.82) is 0 Å². The van der Waals surface area contributed by atoms with Crippen molar-refractivity contribution in [3.63, 3.8) is 0 Å². The van der Waals surface area contributed by atoms with Crippen LogP contribution in [0.15, 0.2) is 42.5 Å². The molecule has 0 aliphatic carbocycles. The molecule has 0 atom stereocenters. The Labute approximate surface area is 101 Å². The summed E-state index contributed by atoms with van der Waals surface area (Å²) in [4.78, 5) is 7.91. The molecule has 0 amide bonds. The second-order valence-electron chi connectivity index (χ2n) is 4.09. The molecular weight excluding hydrogens is 226 g/mol. The smallest absolute Gasteiger partial charge is 0.213 e. The van der Waals surface area contributed by atoms with E-state index in [1.165, 1.54) is 0 Å². The Morgan fingerprint density at radius 3 is 2.88 bits per heavy atom.